The Kier molecular flexibility index (Phi) is 4.64. The van der Waals surface area contributed by atoms with Crippen LogP contribution in [0, 0.1) is 0 Å². The van der Waals surface area contributed by atoms with E-state index in [1.807, 2.05) is 0 Å². The highest BCUT2D eigenvalue weighted by molar-refractivity contribution is 7.51. The molecular weight excluding hydrogens is 284 g/mol. The molecule has 2 N–H and O–H groups in total. The number of halogens is 7. The third-order valence-corrected chi connectivity index (χ3v) is 2.65. The SMILES string of the molecule is O=P(O)(O)CCCC(F)(F)C(F)(F)C(F)(F)F. The fourth-order valence-electron chi connectivity index (χ4n) is 0.871. The Morgan fingerprint density at radius 3 is 1.65 bits per heavy atom. The van der Waals surface area contributed by atoms with Crippen LogP contribution in [0.3, 0.4) is 0 Å². The van der Waals surface area contributed by atoms with Crippen molar-refractivity contribution in [2.45, 2.75) is 30.9 Å². The van der Waals surface area contributed by atoms with Gasteiger partial charge in [0.25, 0.3) is 0 Å². The van der Waals surface area contributed by atoms with E-state index in [-0.39, 0.29) is 0 Å². The molecule has 0 radical (unpaired) electrons. The molecule has 0 aromatic heterocycles. The lowest BCUT2D eigenvalue weighted by molar-refractivity contribution is -0.355. The molecule has 17 heavy (non-hydrogen) atoms. The molecule has 0 heterocycles. The summed E-state index contributed by atoms with van der Waals surface area (Å²) < 4.78 is 94.6. The van der Waals surface area contributed by atoms with Crippen molar-refractivity contribution in [2.75, 3.05) is 6.16 Å². The number of alkyl halides is 7. The van der Waals surface area contributed by atoms with E-state index in [2.05, 4.69) is 0 Å². The van der Waals surface area contributed by atoms with Crippen molar-refractivity contribution in [3.63, 3.8) is 0 Å². The van der Waals surface area contributed by atoms with Gasteiger partial charge in [-0.05, 0) is 6.42 Å². The Hall–Kier alpha value is -0.340. The van der Waals surface area contributed by atoms with Gasteiger partial charge in [-0.25, -0.2) is 0 Å². The van der Waals surface area contributed by atoms with Crippen LogP contribution in [-0.2, 0) is 4.57 Å². The Morgan fingerprint density at radius 2 is 1.35 bits per heavy atom. The second-order valence-corrected chi connectivity index (χ2v) is 5.05. The fourth-order valence-corrected chi connectivity index (χ4v) is 1.44. The summed E-state index contributed by atoms with van der Waals surface area (Å²) in [4.78, 5) is 16.5. The molecule has 0 unspecified atom stereocenters. The highest BCUT2D eigenvalue weighted by atomic mass is 31.2. The maximum Gasteiger partial charge on any atom is 0.459 e. The van der Waals surface area contributed by atoms with E-state index in [1.54, 1.807) is 0 Å². The topological polar surface area (TPSA) is 57.5 Å². The summed E-state index contributed by atoms with van der Waals surface area (Å²) in [7, 11) is -4.70. The van der Waals surface area contributed by atoms with Gasteiger partial charge in [-0.2, -0.15) is 30.7 Å². The molecule has 0 amide bonds. The molecule has 3 nitrogen and oxygen atoms in total. The molecule has 0 aromatic carbocycles. The first-order valence-electron chi connectivity index (χ1n) is 4.08. The molecule has 11 heteroatoms. The zero-order chi connectivity index (χ0) is 14.1. The molecule has 0 rings (SSSR count). The average Bonchev–Trinajstić information content (AvgIpc) is 1.98. The van der Waals surface area contributed by atoms with Crippen LogP contribution in [0.1, 0.15) is 12.8 Å². The van der Waals surface area contributed by atoms with Gasteiger partial charge in [0.15, 0.2) is 0 Å². The number of hydrogen-bond donors (Lipinski definition) is 2. The van der Waals surface area contributed by atoms with Crippen molar-refractivity contribution in [1.82, 2.24) is 0 Å². The van der Waals surface area contributed by atoms with Crippen molar-refractivity contribution in [1.29, 1.82) is 0 Å². The molecular formula is C6H8F7O3P. The molecule has 104 valence electrons. The zero-order valence-corrected chi connectivity index (χ0v) is 8.91. The van der Waals surface area contributed by atoms with Gasteiger partial charge in [0.2, 0.25) is 0 Å². The van der Waals surface area contributed by atoms with Gasteiger partial charge in [-0.15, -0.1) is 0 Å². The molecule has 0 saturated heterocycles. The largest absolute Gasteiger partial charge is 0.459 e. The van der Waals surface area contributed by atoms with E-state index < -0.39 is 44.6 Å². The van der Waals surface area contributed by atoms with Gasteiger partial charge in [-0.3, -0.25) is 4.57 Å². The lowest BCUT2D eigenvalue weighted by Gasteiger charge is -2.28. The van der Waals surface area contributed by atoms with Crippen molar-refractivity contribution in [2.24, 2.45) is 0 Å². The Balaban J connectivity index is 4.64. The number of hydrogen-bond acceptors (Lipinski definition) is 1. The molecule has 0 aliphatic carbocycles. The molecule has 0 saturated carbocycles. The van der Waals surface area contributed by atoms with Crippen molar-refractivity contribution in [3.05, 3.63) is 0 Å². The molecule has 0 spiro atoms. The molecule has 0 bridgehead atoms. The molecule has 0 aliphatic rings. The minimum Gasteiger partial charge on any atom is -0.324 e. The highest BCUT2D eigenvalue weighted by Gasteiger charge is 2.72. The van der Waals surface area contributed by atoms with Crippen LogP contribution in [0.15, 0.2) is 0 Å². The van der Waals surface area contributed by atoms with Crippen molar-refractivity contribution >= 4 is 7.60 Å². The van der Waals surface area contributed by atoms with E-state index in [1.165, 1.54) is 0 Å². The summed E-state index contributed by atoms with van der Waals surface area (Å²) in [6, 6.07) is 0. The van der Waals surface area contributed by atoms with Crippen LogP contribution in [0.25, 0.3) is 0 Å². The van der Waals surface area contributed by atoms with Gasteiger partial charge < -0.3 is 9.79 Å². The van der Waals surface area contributed by atoms with E-state index >= 15 is 0 Å². The Bertz CT molecular complexity index is 307. The molecule has 0 aliphatic heterocycles. The quantitative estimate of drug-likeness (QED) is 0.605. The van der Waals surface area contributed by atoms with Gasteiger partial charge in [0, 0.05) is 6.42 Å². The maximum atomic E-state index is 12.5. The molecule has 0 atom stereocenters. The van der Waals surface area contributed by atoms with Gasteiger partial charge >= 0.3 is 25.6 Å². The normalized spacial score (nSPS) is 15.1. The van der Waals surface area contributed by atoms with E-state index in [0.29, 0.717) is 0 Å². The Morgan fingerprint density at radius 1 is 0.941 bits per heavy atom. The standard InChI is InChI=1S/C6H8F7O3P/c7-4(8,2-1-3-17(14,15)16)5(9,10)6(11,12)13/h1-3H2,(H2,14,15,16). The smallest absolute Gasteiger partial charge is 0.324 e. The van der Waals surface area contributed by atoms with E-state index in [9.17, 15) is 35.3 Å². The van der Waals surface area contributed by atoms with Gasteiger partial charge in [-0.1, -0.05) is 0 Å². The summed E-state index contributed by atoms with van der Waals surface area (Å²) in [6.45, 7) is 0. The van der Waals surface area contributed by atoms with Gasteiger partial charge in [0.1, 0.15) is 0 Å². The third kappa shape index (κ3) is 4.44. The van der Waals surface area contributed by atoms with E-state index in [0.717, 1.165) is 0 Å². The first-order chi connectivity index (χ1) is 7.21. The predicted molar refractivity (Wildman–Crippen MR) is 42.1 cm³/mol. The first kappa shape index (κ1) is 16.7. The average molecular weight is 292 g/mol. The number of rotatable bonds is 5. The fraction of sp³-hybridized carbons (Fsp3) is 1.00. The summed E-state index contributed by atoms with van der Waals surface area (Å²) in [5.41, 5.74) is 0. The first-order valence-corrected chi connectivity index (χ1v) is 5.87. The minimum atomic E-state index is -6.42. The maximum absolute atomic E-state index is 12.5. The zero-order valence-electron chi connectivity index (χ0n) is 8.02. The molecule has 0 aromatic rings. The van der Waals surface area contributed by atoms with Crippen molar-refractivity contribution in [3.8, 4) is 0 Å². The van der Waals surface area contributed by atoms with Crippen LogP contribution in [-0.4, -0.2) is 34.0 Å². The molecule has 0 fully saturated rings. The van der Waals surface area contributed by atoms with Crippen LogP contribution >= 0.6 is 7.60 Å². The second-order valence-electron chi connectivity index (χ2n) is 3.27. The van der Waals surface area contributed by atoms with Crippen LogP contribution in [0.5, 0.6) is 0 Å². The van der Waals surface area contributed by atoms with Crippen LogP contribution in [0.4, 0.5) is 30.7 Å². The summed E-state index contributed by atoms with van der Waals surface area (Å²) in [6.07, 6.45) is -10.7. The summed E-state index contributed by atoms with van der Waals surface area (Å²) in [5, 5.41) is 0. The monoisotopic (exact) mass is 292 g/mol. The van der Waals surface area contributed by atoms with E-state index in [4.69, 9.17) is 9.79 Å². The lowest BCUT2D eigenvalue weighted by atomic mass is 10.1. The van der Waals surface area contributed by atoms with Crippen LogP contribution < -0.4 is 0 Å². The highest BCUT2D eigenvalue weighted by Crippen LogP contribution is 2.49. The second kappa shape index (κ2) is 4.74. The van der Waals surface area contributed by atoms with Crippen LogP contribution in [0.2, 0.25) is 0 Å². The summed E-state index contributed by atoms with van der Waals surface area (Å²) in [5.74, 6) is -11.6. The predicted octanol–water partition coefficient (Wildman–Crippen LogP) is 2.78. The lowest BCUT2D eigenvalue weighted by Crippen LogP contribution is -2.51. The third-order valence-electron chi connectivity index (χ3n) is 1.76. The van der Waals surface area contributed by atoms with Gasteiger partial charge in [0.05, 0.1) is 6.16 Å². The Labute approximate surface area is 90.8 Å². The van der Waals surface area contributed by atoms with Crippen molar-refractivity contribution < 1.29 is 45.1 Å². The minimum absolute atomic E-state index is 1.15. The summed E-state index contributed by atoms with van der Waals surface area (Å²) >= 11 is 0.